The monoisotopic (exact) mass is 468 g/mol. The van der Waals surface area contributed by atoms with E-state index >= 15 is 0 Å². The molecular formula is C26H26ClFN2O3. The molecule has 3 aromatic carbocycles. The highest BCUT2D eigenvalue weighted by atomic mass is 35.5. The standard InChI is InChI=1S/C26H26ClFN2O3/c1-2-32-24-12-7-19(17-20(24)18-33-25-6-4-3-5-23(25)27)26(31)30-15-13-29(14-16-30)22-10-8-21(28)9-11-22/h3-12,17H,2,13-16,18H2,1H3. The number of rotatable bonds is 7. The SMILES string of the molecule is CCOc1ccc(C(=O)N2CCN(c3ccc(F)cc3)CC2)cc1COc1ccccc1Cl. The van der Waals surface area contributed by atoms with E-state index in [0.29, 0.717) is 54.9 Å². The number of carbonyl (C=O) groups is 1. The van der Waals surface area contributed by atoms with E-state index in [9.17, 15) is 9.18 Å². The van der Waals surface area contributed by atoms with Crippen molar-refractivity contribution in [1.29, 1.82) is 0 Å². The molecule has 0 atom stereocenters. The molecule has 1 saturated heterocycles. The van der Waals surface area contributed by atoms with E-state index in [1.54, 1.807) is 30.3 Å². The maximum atomic E-state index is 13.2. The second-order valence-electron chi connectivity index (χ2n) is 7.73. The molecule has 5 nitrogen and oxygen atoms in total. The van der Waals surface area contributed by atoms with E-state index in [4.69, 9.17) is 21.1 Å². The van der Waals surface area contributed by atoms with Crippen LogP contribution >= 0.6 is 11.6 Å². The third-order valence-corrected chi connectivity index (χ3v) is 5.90. The van der Waals surface area contributed by atoms with Crippen LogP contribution in [0, 0.1) is 5.82 Å². The maximum Gasteiger partial charge on any atom is 0.253 e. The van der Waals surface area contributed by atoms with Crippen LogP contribution in [-0.2, 0) is 6.61 Å². The molecule has 1 heterocycles. The Morgan fingerprint density at radius 2 is 1.67 bits per heavy atom. The maximum absolute atomic E-state index is 13.2. The molecule has 1 fully saturated rings. The summed E-state index contributed by atoms with van der Waals surface area (Å²) in [5.41, 5.74) is 2.34. The van der Waals surface area contributed by atoms with E-state index < -0.39 is 0 Å². The fourth-order valence-corrected chi connectivity index (χ4v) is 4.03. The van der Waals surface area contributed by atoms with Gasteiger partial charge in [-0.05, 0) is 61.5 Å². The zero-order valence-electron chi connectivity index (χ0n) is 18.5. The first-order valence-corrected chi connectivity index (χ1v) is 11.4. The van der Waals surface area contributed by atoms with Gasteiger partial charge in [-0.1, -0.05) is 23.7 Å². The summed E-state index contributed by atoms with van der Waals surface area (Å²) in [6.07, 6.45) is 0. The van der Waals surface area contributed by atoms with Gasteiger partial charge >= 0.3 is 0 Å². The highest BCUT2D eigenvalue weighted by molar-refractivity contribution is 6.32. The molecule has 7 heteroatoms. The van der Waals surface area contributed by atoms with Crippen molar-refractivity contribution in [3.05, 3.63) is 88.7 Å². The fraction of sp³-hybridized carbons (Fsp3) is 0.269. The molecule has 0 radical (unpaired) electrons. The predicted octanol–water partition coefficient (Wildman–Crippen LogP) is 5.42. The lowest BCUT2D eigenvalue weighted by molar-refractivity contribution is 0.0746. The number of hydrogen-bond acceptors (Lipinski definition) is 4. The van der Waals surface area contributed by atoms with Gasteiger partial charge < -0.3 is 19.3 Å². The molecule has 0 N–H and O–H groups in total. The summed E-state index contributed by atoms with van der Waals surface area (Å²) in [4.78, 5) is 17.2. The topological polar surface area (TPSA) is 42.0 Å². The molecule has 3 aromatic rings. The van der Waals surface area contributed by atoms with Gasteiger partial charge in [0.2, 0.25) is 0 Å². The van der Waals surface area contributed by atoms with E-state index in [1.807, 2.05) is 36.1 Å². The minimum Gasteiger partial charge on any atom is -0.493 e. The molecule has 0 aromatic heterocycles. The molecule has 0 bridgehead atoms. The van der Waals surface area contributed by atoms with Crippen LogP contribution in [0.25, 0.3) is 0 Å². The van der Waals surface area contributed by atoms with E-state index in [0.717, 1.165) is 11.3 Å². The summed E-state index contributed by atoms with van der Waals surface area (Å²) in [7, 11) is 0. The lowest BCUT2D eigenvalue weighted by Gasteiger charge is -2.36. The molecule has 33 heavy (non-hydrogen) atoms. The van der Waals surface area contributed by atoms with Gasteiger partial charge in [0.15, 0.2) is 0 Å². The number of halogens is 2. The lowest BCUT2D eigenvalue weighted by Crippen LogP contribution is -2.48. The number of hydrogen-bond donors (Lipinski definition) is 0. The number of benzene rings is 3. The molecule has 0 spiro atoms. The third kappa shape index (κ3) is 5.57. The number of piperazine rings is 1. The molecule has 172 valence electrons. The average molecular weight is 469 g/mol. The smallest absolute Gasteiger partial charge is 0.253 e. The molecule has 4 rings (SSSR count). The number of nitrogens with zero attached hydrogens (tertiary/aromatic N) is 2. The van der Waals surface area contributed by atoms with Crippen LogP contribution in [0.15, 0.2) is 66.7 Å². The van der Waals surface area contributed by atoms with Crippen molar-refractivity contribution in [3.63, 3.8) is 0 Å². The lowest BCUT2D eigenvalue weighted by atomic mass is 10.1. The van der Waals surface area contributed by atoms with E-state index in [2.05, 4.69) is 4.90 Å². The van der Waals surface area contributed by atoms with Gasteiger partial charge in [-0.15, -0.1) is 0 Å². The number of anilines is 1. The molecule has 0 aliphatic carbocycles. The highest BCUT2D eigenvalue weighted by Gasteiger charge is 2.23. The van der Waals surface area contributed by atoms with Gasteiger partial charge in [0.25, 0.3) is 5.91 Å². The summed E-state index contributed by atoms with van der Waals surface area (Å²) in [6, 6.07) is 19.2. The largest absolute Gasteiger partial charge is 0.493 e. The number of amides is 1. The summed E-state index contributed by atoms with van der Waals surface area (Å²) in [5.74, 6) is 0.977. The van der Waals surface area contributed by atoms with Crippen LogP contribution < -0.4 is 14.4 Å². The molecule has 1 aliphatic rings. The van der Waals surface area contributed by atoms with Gasteiger partial charge in [-0.3, -0.25) is 4.79 Å². The Kier molecular flexibility index (Phi) is 7.35. The first-order valence-electron chi connectivity index (χ1n) is 11.0. The van der Waals surface area contributed by atoms with Crippen molar-refractivity contribution in [3.8, 4) is 11.5 Å². The van der Waals surface area contributed by atoms with Crippen LogP contribution in [0.2, 0.25) is 5.02 Å². The Morgan fingerprint density at radius 1 is 0.939 bits per heavy atom. The van der Waals surface area contributed by atoms with Gasteiger partial charge in [0.05, 0.1) is 11.6 Å². The second kappa shape index (κ2) is 10.6. The molecule has 1 aliphatic heterocycles. The number of carbonyl (C=O) groups excluding carboxylic acids is 1. The molecule has 0 saturated carbocycles. The first kappa shape index (κ1) is 22.9. The minimum absolute atomic E-state index is 0.0317. The average Bonchev–Trinajstić information content (AvgIpc) is 2.84. The third-order valence-electron chi connectivity index (χ3n) is 5.59. The Morgan fingerprint density at radius 3 is 2.36 bits per heavy atom. The first-order chi connectivity index (χ1) is 16.0. The number of ether oxygens (including phenoxy) is 2. The van der Waals surface area contributed by atoms with Crippen molar-refractivity contribution in [2.45, 2.75) is 13.5 Å². The summed E-state index contributed by atoms with van der Waals surface area (Å²) >= 11 is 6.20. The van der Waals surface area contributed by atoms with Crippen LogP contribution in [0.5, 0.6) is 11.5 Å². The zero-order valence-corrected chi connectivity index (χ0v) is 19.2. The van der Waals surface area contributed by atoms with Crippen molar-refractivity contribution in [2.24, 2.45) is 0 Å². The summed E-state index contributed by atoms with van der Waals surface area (Å²) < 4.78 is 24.8. The second-order valence-corrected chi connectivity index (χ2v) is 8.14. The molecule has 0 unspecified atom stereocenters. The van der Waals surface area contributed by atoms with Crippen LogP contribution in [0.1, 0.15) is 22.8 Å². The highest BCUT2D eigenvalue weighted by Crippen LogP contribution is 2.27. The molecule has 1 amide bonds. The van der Waals surface area contributed by atoms with E-state index in [-0.39, 0.29) is 18.3 Å². The van der Waals surface area contributed by atoms with Crippen molar-refractivity contribution in [2.75, 3.05) is 37.7 Å². The predicted molar refractivity (Wildman–Crippen MR) is 128 cm³/mol. The molecular weight excluding hydrogens is 443 g/mol. The Labute approximate surface area is 198 Å². The van der Waals surface area contributed by atoms with Crippen molar-refractivity contribution < 1.29 is 18.7 Å². The quantitative estimate of drug-likeness (QED) is 0.464. The fourth-order valence-electron chi connectivity index (χ4n) is 3.84. The van der Waals surface area contributed by atoms with Gasteiger partial charge in [0, 0.05) is 43.0 Å². The van der Waals surface area contributed by atoms with Gasteiger partial charge in [-0.25, -0.2) is 4.39 Å². The van der Waals surface area contributed by atoms with Crippen LogP contribution in [-0.4, -0.2) is 43.6 Å². The van der Waals surface area contributed by atoms with Crippen LogP contribution in [0.4, 0.5) is 10.1 Å². The van der Waals surface area contributed by atoms with E-state index in [1.165, 1.54) is 12.1 Å². The Hall–Kier alpha value is -3.25. The van der Waals surface area contributed by atoms with Gasteiger partial charge in [0.1, 0.15) is 23.9 Å². The van der Waals surface area contributed by atoms with Crippen LogP contribution in [0.3, 0.4) is 0 Å². The normalized spacial score (nSPS) is 13.7. The summed E-state index contributed by atoms with van der Waals surface area (Å²) in [5, 5.41) is 0.529. The Balaban J connectivity index is 1.44. The Bertz CT molecular complexity index is 1100. The van der Waals surface area contributed by atoms with Crippen molar-refractivity contribution in [1.82, 2.24) is 4.90 Å². The number of para-hydroxylation sites is 1. The van der Waals surface area contributed by atoms with Gasteiger partial charge in [-0.2, -0.15) is 0 Å². The summed E-state index contributed by atoms with van der Waals surface area (Å²) in [6.45, 7) is 5.23. The van der Waals surface area contributed by atoms with Crippen molar-refractivity contribution >= 4 is 23.2 Å². The minimum atomic E-state index is -0.252. The zero-order chi connectivity index (χ0) is 23.2.